The van der Waals surface area contributed by atoms with Crippen molar-refractivity contribution in [2.24, 2.45) is 0 Å². The summed E-state index contributed by atoms with van der Waals surface area (Å²) in [6.07, 6.45) is 1.56. The van der Waals surface area contributed by atoms with E-state index in [0.29, 0.717) is 49.6 Å². The van der Waals surface area contributed by atoms with Crippen LogP contribution in [-0.2, 0) is 16.2 Å². The number of carbonyl (C=O) groups is 3. The molecule has 208 valence electrons. The molecule has 1 fully saturated rings. The summed E-state index contributed by atoms with van der Waals surface area (Å²) in [6.45, 7) is 2.16. The molecule has 0 unspecified atom stereocenters. The average Bonchev–Trinajstić information content (AvgIpc) is 3.18. The fraction of sp³-hybridized carbons (Fsp3) is 0.179. The van der Waals surface area contributed by atoms with Gasteiger partial charge < -0.3 is 19.5 Å². The van der Waals surface area contributed by atoms with Crippen molar-refractivity contribution in [3.63, 3.8) is 0 Å². The van der Waals surface area contributed by atoms with E-state index >= 15 is 0 Å². The largest absolute Gasteiger partial charge is 0.494 e. The minimum absolute atomic E-state index is 0.170. The SMILES string of the molecule is CCOc1ccc(NC(=O)CN2C(=O)S/C(=C/c3cc(OC)c(OCc4ccc(Cl)cc4Cl)cc3Br)C2=O)cc1. The second-order valence-corrected chi connectivity index (χ2v) is 11.0. The number of rotatable bonds is 10. The second-order valence-electron chi connectivity index (χ2n) is 8.32. The molecular weight excluding hydrogens is 643 g/mol. The van der Waals surface area contributed by atoms with Crippen molar-refractivity contribution >= 4 is 79.7 Å². The second kappa shape index (κ2) is 13.5. The maximum Gasteiger partial charge on any atom is 0.294 e. The minimum Gasteiger partial charge on any atom is -0.494 e. The molecule has 1 aliphatic rings. The van der Waals surface area contributed by atoms with Crippen molar-refractivity contribution in [1.82, 2.24) is 4.90 Å². The quantitative estimate of drug-likeness (QED) is 0.225. The van der Waals surface area contributed by atoms with Gasteiger partial charge in [0.1, 0.15) is 18.9 Å². The number of halogens is 3. The van der Waals surface area contributed by atoms with Crippen LogP contribution in [0.15, 0.2) is 64.0 Å². The van der Waals surface area contributed by atoms with E-state index in [0.717, 1.165) is 22.2 Å². The molecule has 3 aromatic carbocycles. The van der Waals surface area contributed by atoms with Gasteiger partial charge in [-0.15, -0.1) is 0 Å². The Labute approximate surface area is 253 Å². The maximum atomic E-state index is 13.0. The van der Waals surface area contributed by atoms with Crippen LogP contribution in [0.25, 0.3) is 6.08 Å². The standard InChI is InChI=1S/C28H23BrCl2N2O6S/c1-3-38-20-8-6-19(7-9-20)32-26(34)14-33-27(35)25(40-28(33)36)11-17-10-23(37-2)24(13-21(17)29)39-15-16-4-5-18(30)12-22(16)31/h4-13H,3,14-15H2,1-2H3,(H,32,34)/b25-11+. The van der Waals surface area contributed by atoms with E-state index in [-0.39, 0.29) is 11.5 Å². The van der Waals surface area contributed by atoms with Gasteiger partial charge in [-0.05, 0) is 78.9 Å². The Kier molecular flexibility index (Phi) is 10.0. The Morgan fingerprint density at radius 2 is 1.80 bits per heavy atom. The third kappa shape index (κ3) is 7.31. The van der Waals surface area contributed by atoms with Gasteiger partial charge in [0.05, 0.1) is 18.6 Å². The Balaban J connectivity index is 1.44. The van der Waals surface area contributed by atoms with Crippen LogP contribution in [0.4, 0.5) is 10.5 Å². The number of hydrogen-bond acceptors (Lipinski definition) is 7. The van der Waals surface area contributed by atoms with Crippen molar-refractivity contribution in [3.05, 3.63) is 85.1 Å². The van der Waals surface area contributed by atoms with E-state index in [4.69, 9.17) is 37.4 Å². The van der Waals surface area contributed by atoms with E-state index < -0.39 is 23.6 Å². The molecular formula is C28H23BrCl2N2O6S. The lowest BCUT2D eigenvalue weighted by atomic mass is 10.1. The van der Waals surface area contributed by atoms with Crippen LogP contribution in [0, 0.1) is 0 Å². The molecule has 1 N–H and O–H groups in total. The number of methoxy groups -OCH3 is 1. The number of carbonyl (C=O) groups excluding carboxylic acids is 3. The fourth-order valence-electron chi connectivity index (χ4n) is 3.65. The van der Waals surface area contributed by atoms with Gasteiger partial charge in [0.2, 0.25) is 5.91 Å². The average molecular weight is 666 g/mol. The monoisotopic (exact) mass is 664 g/mol. The Hall–Kier alpha value is -3.18. The van der Waals surface area contributed by atoms with E-state index in [2.05, 4.69) is 21.2 Å². The lowest BCUT2D eigenvalue weighted by Gasteiger charge is -2.14. The van der Waals surface area contributed by atoms with Crippen LogP contribution in [0.2, 0.25) is 10.0 Å². The molecule has 8 nitrogen and oxygen atoms in total. The topological polar surface area (TPSA) is 94.2 Å². The molecule has 3 aromatic rings. The predicted octanol–water partition coefficient (Wildman–Crippen LogP) is 7.42. The highest BCUT2D eigenvalue weighted by Crippen LogP contribution is 2.38. The fourth-order valence-corrected chi connectivity index (χ4v) is 5.38. The van der Waals surface area contributed by atoms with Crippen molar-refractivity contribution in [1.29, 1.82) is 0 Å². The Bertz CT molecular complexity index is 1480. The van der Waals surface area contributed by atoms with Gasteiger partial charge in [-0.25, -0.2) is 0 Å². The van der Waals surface area contributed by atoms with Gasteiger partial charge in [-0.1, -0.05) is 45.2 Å². The van der Waals surface area contributed by atoms with Crippen LogP contribution < -0.4 is 19.5 Å². The summed E-state index contributed by atoms with van der Waals surface area (Å²) in [5.41, 5.74) is 1.85. The van der Waals surface area contributed by atoms with E-state index in [9.17, 15) is 14.4 Å². The minimum atomic E-state index is -0.569. The van der Waals surface area contributed by atoms with Crippen molar-refractivity contribution in [3.8, 4) is 17.2 Å². The van der Waals surface area contributed by atoms with Crippen molar-refractivity contribution in [2.75, 3.05) is 25.6 Å². The van der Waals surface area contributed by atoms with Gasteiger partial charge >= 0.3 is 0 Å². The number of amides is 3. The Morgan fingerprint density at radius 1 is 1.05 bits per heavy atom. The molecule has 0 spiro atoms. The summed E-state index contributed by atoms with van der Waals surface area (Å²) < 4.78 is 17.4. The number of anilines is 1. The molecule has 0 aliphatic carbocycles. The lowest BCUT2D eigenvalue weighted by molar-refractivity contribution is -0.127. The zero-order chi connectivity index (χ0) is 28.8. The number of nitrogens with one attached hydrogen (secondary N) is 1. The van der Waals surface area contributed by atoms with Crippen LogP contribution in [-0.4, -0.2) is 42.2 Å². The predicted molar refractivity (Wildman–Crippen MR) is 160 cm³/mol. The van der Waals surface area contributed by atoms with E-state index in [1.807, 2.05) is 6.92 Å². The molecule has 1 heterocycles. The smallest absolute Gasteiger partial charge is 0.294 e. The lowest BCUT2D eigenvalue weighted by Crippen LogP contribution is -2.36. The molecule has 3 amide bonds. The van der Waals surface area contributed by atoms with Crippen LogP contribution >= 0.6 is 50.9 Å². The molecule has 1 saturated heterocycles. The van der Waals surface area contributed by atoms with Crippen LogP contribution in [0.3, 0.4) is 0 Å². The molecule has 0 radical (unpaired) electrons. The number of imide groups is 1. The first-order chi connectivity index (χ1) is 19.2. The van der Waals surface area contributed by atoms with Gasteiger partial charge in [0.25, 0.3) is 11.1 Å². The number of thioether (sulfide) groups is 1. The number of ether oxygens (including phenoxy) is 3. The van der Waals surface area contributed by atoms with E-state index in [1.165, 1.54) is 7.11 Å². The number of hydrogen-bond donors (Lipinski definition) is 1. The summed E-state index contributed by atoms with van der Waals surface area (Å²) in [6, 6.07) is 15.3. The zero-order valence-electron chi connectivity index (χ0n) is 21.3. The van der Waals surface area contributed by atoms with Crippen molar-refractivity contribution in [2.45, 2.75) is 13.5 Å². The summed E-state index contributed by atoms with van der Waals surface area (Å²) in [7, 11) is 1.49. The molecule has 1 aliphatic heterocycles. The summed E-state index contributed by atoms with van der Waals surface area (Å²) in [5.74, 6) is 0.452. The van der Waals surface area contributed by atoms with Gasteiger partial charge in [0, 0.05) is 25.8 Å². The van der Waals surface area contributed by atoms with Gasteiger partial charge in [-0.3, -0.25) is 19.3 Å². The van der Waals surface area contributed by atoms with Crippen molar-refractivity contribution < 1.29 is 28.6 Å². The highest BCUT2D eigenvalue weighted by atomic mass is 79.9. The highest BCUT2D eigenvalue weighted by Gasteiger charge is 2.36. The maximum absolute atomic E-state index is 13.0. The highest BCUT2D eigenvalue weighted by molar-refractivity contribution is 9.10. The Morgan fingerprint density at radius 3 is 2.48 bits per heavy atom. The van der Waals surface area contributed by atoms with Crippen LogP contribution in [0.5, 0.6) is 17.2 Å². The molecule has 0 aromatic heterocycles. The first-order valence-electron chi connectivity index (χ1n) is 11.9. The molecule has 4 rings (SSSR count). The van der Waals surface area contributed by atoms with Gasteiger partial charge in [-0.2, -0.15) is 0 Å². The summed E-state index contributed by atoms with van der Waals surface area (Å²) in [4.78, 5) is 39.2. The zero-order valence-corrected chi connectivity index (χ0v) is 25.2. The molecule has 12 heteroatoms. The molecule has 0 saturated carbocycles. The first-order valence-corrected chi connectivity index (χ1v) is 14.3. The number of nitrogens with zero attached hydrogens (tertiary/aromatic N) is 1. The number of benzene rings is 3. The molecule has 0 bridgehead atoms. The summed E-state index contributed by atoms with van der Waals surface area (Å²) in [5, 5.41) is 3.14. The molecule has 0 atom stereocenters. The summed E-state index contributed by atoms with van der Waals surface area (Å²) >= 11 is 16.4. The third-order valence-corrected chi connectivity index (χ3v) is 7.77. The third-order valence-electron chi connectivity index (χ3n) is 5.59. The van der Waals surface area contributed by atoms with Crippen LogP contribution in [0.1, 0.15) is 18.1 Å². The van der Waals surface area contributed by atoms with Gasteiger partial charge in [0.15, 0.2) is 11.5 Å². The van der Waals surface area contributed by atoms with E-state index in [1.54, 1.807) is 60.7 Å². The molecule has 40 heavy (non-hydrogen) atoms. The normalized spacial score (nSPS) is 14.0. The first kappa shape index (κ1) is 29.8.